The lowest BCUT2D eigenvalue weighted by Crippen LogP contribution is -2.66. The van der Waals surface area contributed by atoms with Gasteiger partial charge >= 0.3 is 6.03 Å². The molecule has 1 aliphatic carbocycles. The number of hydrogen-bond donors (Lipinski definition) is 2. The van der Waals surface area contributed by atoms with Gasteiger partial charge in [0.05, 0.1) is 22.7 Å². The number of benzene rings is 1. The van der Waals surface area contributed by atoms with E-state index >= 15 is 0 Å². The maximum Gasteiger partial charge on any atom is 0.322 e. The molecular formula is C24H32Cl2N4O4. The van der Waals surface area contributed by atoms with Crippen molar-refractivity contribution in [1.29, 1.82) is 0 Å². The van der Waals surface area contributed by atoms with Crippen LogP contribution >= 0.6 is 23.2 Å². The first-order valence-electron chi connectivity index (χ1n) is 12.1. The van der Waals surface area contributed by atoms with Crippen molar-refractivity contribution in [2.24, 2.45) is 5.41 Å². The maximum absolute atomic E-state index is 13.5. The van der Waals surface area contributed by atoms with Gasteiger partial charge in [-0.3, -0.25) is 9.69 Å². The van der Waals surface area contributed by atoms with E-state index in [4.69, 9.17) is 27.9 Å². The molecule has 4 unspecified atom stereocenters. The molecule has 5 rings (SSSR count). The summed E-state index contributed by atoms with van der Waals surface area (Å²) >= 11 is 12.0. The van der Waals surface area contributed by atoms with E-state index in [0.717, 1.165) is 45.2 Å². The molecule has 0 bridgehead atoms. The van der Waals surface area contributed by atoms with Crippen molar-refractivity contribution >= 4 is 40.8 Å². The number of nitrogens with one attached hydrogen (secondary N) is 1. The van der Waals surface area contributed by atoms with Gasteiger partial charge in [0, 0.05) is 31.4 Å². The van der Waals surface area contributed by atoms with Gasteiger partial charge in [-0.1, -0.05) is 23.2 Å². The Bertz CT molecular complexity index is 959. The van der Waals surface area contributed by atoms with E-state index in [1.54, 1.807) is 25.1 Å². The summed E-state index contributed by atoms with van der Waals surface area (Å²) in [6.45, 7) is 4.94. The Balaban J connectivity index is 1.27. The lowest BCUT2D eigenvalue weighted by Gasteiger charge is -2.47. The SMILES string of the molecule is CC1C(=O)N2C(CN3CCC4(CC4)C(O)C3)CCCOC2CN1C(=O)Nc1ccc(Cl)c(Cl)c1. The molecule has 0 radical (unpaired) electrons. The van der Waals surface area contributed by atoms with E-state index in [2.05, 4.69) is 10.2 Å². The summed E-state index contributed by atoms with van der Waals surface area (Å²) in [5.41, 5.74) is 0.668. The molecule has 8 nitrogen and oxygen atoms in total. The number of piperidine rings is 1. The number of rotatable bonds is 3. The monoisotopic (exact) mass is 510 g/mol. The molecule has 4 aliphatic rings. The van der Waals surface area contributed by atoms with Crippen molar-refractivity contribution in [2.45, 2.75) is 63.4 Å². The number of halogens is 2. The second-order valence-electron chi connectivity index (χ2n) is 10.1. The van der Waals surface area contributed by atoms with E-state index in [9.17, 15) is 14.7 Å². The minimum atomic E-state index is -0.620. The number of β-amino-alcohol motifs (C(OH)–C–C–N with tert-alkyl or cyclic N) is 1. The summed E-state index contributed by atoms with van der Waals surface area (Å²) < 4.78 is 6.05. The summed E-state index contributed by atoms with van der Waals surface area (Å²) in [5.74, 6) is -0.108. The molecule has 1 aromatic carbocycles. The number of amides is 3. The third kappa shape index (κ3) is 4.63. The van der Waals surface area contributed by atoms with Crippen LogP contribution in [0.1, 0.15) is 39.0 Å². The standard InChI is InChI=1S/C24H32Cl2N4O4/c1-15-22(32)30-17(12-28-9-8-24(6-7-24)20(31)13-28)3-2-10-34-21(30)14-29(15)23(33)27-16-4-5-18(25)19(26)11-16/h4-5,11,15,17,20-21,31H,2-3,6-10,12-14H2,1H3,(H,27,33). The first kappa shape index (κ1) is 24.1. The summed E-state index contributed by atoms with van der Waals surface area (Å²) in [6.07, 6.45) is 4.22. The third-order valence-corrected chi connectivity index (χ3v) is 8.72. The van der Waals surface area contributed by atoms with Crippen LogP contribution in [0, 0.1) is 5.41 Å². The molecule has 1 saturated carbocycles. The minimum absolute atomic E-state index is 0.00295. The van der Waals surface area contributed by atoms with Gasteiger partial charge < -0.3 is 25.0 Å². The van der Waals surface area contributed by atoms with Crippen LogP contribution in [0.15, 0.2) is 18.2 Å². The van der Waals surface area contributed by atoms with Gasteiger partial charge in [-0.15, -0.1) is 0 Å². The van der Waals surface area contributed by atoms with Crippen LogP contribution < -0.4 is 5.32 Å². The summed E-state index contributed by atoms with van der Waals surface area (Å²) in [5, 5.41) is 14.2. The molecule has 0 aromatic heterocycles. The molecule has 1 spiro atoms. The lowest BCUT2D eigenvalue weighted by atomic mass is 9.90. The average molecular weight is 511 g/mol. The van der Waals surface area contributed by atoms with Gasteiger partial charge in [0.15, 0.2) is 0 Å². The maximum atomic E-state index is 13.5. The van der Waals surface area contributed by atoms with Crippen LogP contribution in [-0.2, 0) is 9.53 Å². The number of carbonyl (C=O) groups is 2. The van der Waals surface area contributed by atoms with E-state index < -0.39 is 12.3 Å². The highest BCUT2D eigenvalue weighted by atomic mass is 35.5. The number of nitrogens with zero attached hydrogens (tertiary/aromatic N) is 3. The van der Waals surface area contributed by atoms with Crippen molar-refractivity contribution in [3.05, 3.63) is 28.2 Å². The largest absolute Gasteiger partial charge is 0.391 e. The van der Waals surface area contributed by atoms with Crippen molar-refractivity contribution in [3.63, 3.8) is 0 Å². The van der Waals surface area contributed by atoms with Crippen LogP contribution in [0.3, 0.4) is 0 Å². The number of aliphatic hydroxyl groups excluding tert-OH is 1. The Hall–Kier alpha value is -1.58. The van der Waals surface area contributed by atoms with E-state index in [1.807, 2.05) is 4.90 Å². The van der Waals surface area contributed by atoms with Crippen LogP contribution in [0.5, 0.6) is 0 Å². The van der Waals surface area contributed by atoms with Crippen LogP contribution in [0.4, 0.5) is 10.5 Å². The van der Waals surface area contributed by atoms with Crippen molar-refractivity contribution < 1.29 is 19.4 Å². The van der Waals surface area contributed by atoms with Gasteiger partial charge in [0.1, 0.15) is 12.3 Å². The summed E-state index contributed by atoms with van der Waals surface area (Å²) in [6, 6.07) is 3.88. The minimum Gasteiger partial charge on any atom is -0.391 e. The molecule has 3 aliphatic heterocycles. The molecule has 10 heteroatoms. The number of aliphatic hydroxyl groups is 1. The predicted molar refractivity (Wildman–Crippen MR) is 130 cm³/mol. The zero-order chi connectivity index (χ0) is 24.0. The molecule has 1 aromatic rings. The quantitative estimate of drug-likeness (QED) is 0.650. The molecule has 3 heterocycles. The number of ether oxygens (including phenoxy) is 1. The van der Waals surface area contributed by atoms with Gasteiger partial charge in [0.2, 0.25) is 5.91 Å². The molecule has 4 atom stereocenters. The zero-order valence-electron chi connectivity index (χ0n) is 19.4. The van der Waals surface area contributed by atoms with Gasteiger partial charge in [0.25, 0.3) is 0 Å². The molecule has 3 amide bonds. The first-order chi connectivity index (χ1) is 16.3. The number of piperazine rings is 1. The predicted octanol–water partition coefficient (Wildman–Crippen LogP) is 3.41. The number of carbonyl (C=O) groups excluding carboxylic acids is 2. The average Bonchev–Trinajstić information content (AvgIpc) is 3.61. The van der Waals surface area contributed by atoms with Crippen LogP contribution in [0.2, 0.25) is 10.0 Å². The summed E-state index contributed by atoms with van der Waals surface area (Å²) in [7, 11) is 0. The molecule has 186 valence electrons. The van der Waals surface area contributed by atoms with Gasteiger partial charge in [-0.25, -0.2) is 4.79 Å². The number of urea groups is 1. The first-order valence-corrected chi connectivity index (χ1v) is 12.9. The topological polar surface area (TPSA) is 85.4 Å². The molecule has 4 fully saturated rings. The Morgan fingerprint density at radius 1 is 1.24 bits per heavy atom. The lowest BCUT2D eigenvalue weighted by molar-refractivity contribution is -0.166. The number of anilines is 1. The Kier molecular flexibility index (Phi) is 6.72. The van der Waals surface area contributed by atoms with Crippen molar-refractivity contribution in [3.8, 4) is 0 Å². The molecule has 3 saturated heterocycles. The molecule has 34 heavy (non-hydrogen) atoms. The zero-order valence-corrected chi connectivity index (χ0v) is 20.9. The molecule has 2 N–H and O–H groups in total. The van der Waals surface area contributed by atoms with Crippen LogP contribution in [0.25, 0.3) is 0 Å². The fourth-order valence-electron chi connectivity index (χ4n) is 5.62. The molecular weight excluding hydrogens is 479 g/mol. The second-order valence-corrected chi connectivity index (χ2v) is 11.0. The van der Waals surface area contributed by atoms with Crippen molar-refractivity contribution in [2.75, 3.05) is 38.1 Å². The number of likely N-dealkylation sites (tertiary alicyclic amines) is 1. The van der Waals surface area contributed by atoms with Gasteiger partial charge in [-0.05, 0) is 69.2 Å². The van der Waals surface area contributed by atoms with Crippen molar-refractivity contribution in [1.82, 2.24) is 14.7 Å². The van der Waals surface area contributed by atoms with E-state index in [1.165, 1.54) is 4.90 Å². The Labute approximate surface area is 210 Å². The highest BCUT2D eigenvalue weighted by Gasteiger charge is 2.52. The number of fused-ring (bicyclic) bond motifs is 1. The fourth-order valence-corrected chi connectivity index (χ4v) is 5.92. The van der Waals surface area contributed by atoms with E-state index in [-0.39, 0.29) is 29.5 Å². The van der Waals surface area contributed by atoms with Gasteiger partial charge in [-0.2, -0.15) is 0 Å². The second kappa shape index (κ2) is 9.47. The highest BCUT2D eigenvalue weighted by molar-refractivity contribution is 6.42. The normalized spacial score (nSPS) is 31.2. The van der Waals surface area contributed by atoms with E-state index in [0.29, 0.717) is 35.4 Å². The summed E-state index contributed by atoms with van der Waals surface area (Å²) in [4.78, 5) is 32.3. The highest BCUT2D eigenvalue weighted by Crippen LogP contribution is 2.53. The Morgan fingerprint density at radius 2 is 2.03 bits per heavy atom. The number of hydrogen-bond acceptors (Lipinski definition) is 5. The third-order valence-electron chi connectivity index (χ3n) is 7.98. The fraction of sp³-hybridized carbons (Fsp3) is 0.667. The van der Waals surface area contributed by atoms with Crippen LogP contribution in [-0.4, -0.2) is 88.9 Å². The Morgan fingerprint density at radius 3 is 2.74 bits per heavy atom. The smallest absolute Gasteiger partial charge is 0.322 e.